The quantitative estimate of drug-likeness (QED) is 0.552. The lowest BCUT2D eigenvalue weighted by Gasteiger charge is -2.11. The van der Waals surface area contributed by atoms with Gasteiger partial charge in [0.2, 0.25) is 0 Å². The lowest BCUT2D eigenvalue weighted by molar-refractivity contribution is 0.340. The number of benzene rings is 1. The van der Waals surface area contributed by atoms with Crippen molar-refractivity contribution in [3.05, 3.63) is 42.7 Å². The summed E-state index contributed by atoms with van der Waals surface area (Å²) in [6.07, 6.45) is 2.68. The number of ether oxygens (including phenoxy) is 1. The molecule has 7 nitrogen and oxygen atoms in total. The highest BCUT2D eigenvalue weighted by Gasteiger charge is 2.18. The van der Waals surface area contributed by atoms with Gasteiger partial charge in [-0.05, 0) is 37.3 Å². The minimum atomic E-state index is -3.78. The van der Waals surface area contributed by atoms with Crippen molar-refractivity contribution >= 4 is 21.4 Å². The Morgan fingerprint density at radius 2 is 1.95 bits per heavy atom. The van der Waals surface area contributed by atoms with E-state index in [-0.39, 0.29) is 10.6 Å². The van der Waals surface area contributed by atoms with Crippen molar-refractivity contribution in [3.8, 4) is 5.75 Å². The van der Waals surface area contributed by atoms with Gasteiger partial charge in [-0.2, -0.15) is 0 Å². The fourth-order valence-electron chi connectivity index (χ4n) is 1.71. The number of hydrogen-bond acceptors (Lipinski definition) is 6. The molecule has 2 rings (SSSR count). The third-order valence-electron chi connectivity index (χ3n) is 2.65. The van der Waals surface area contributed by atoms with E-state index in [2.05, 4.69) is 15.1 Å². The molecule has 1 heterocycles. The molecule has 0 atom stereocenters. The Kier molecular flexibility index (Phi) is 4.61. The smallest absolute Gasteiger partial charge is 0.265 e. The zero-order valence-corrected chi connectivity index (χ0v) is 12.2. The summed E-state index contributed by atoms with van der Waals surface area (Å²) in [5, 5.41) is 0. The van der Waals surface area contributed by atoms with E-state index in [9.17, 15) is 8.42 Å². The van der Waals surface area contributed by atoms with Gasteiger partial charge in [0, 0.05) is 18.1 Å². The minimum Gasteiger partial charge on any atom is -0.494 e. The molecule has 0 unspecified atom stereocenters. The van der Waals surface area contributed by atoms with Crippen molar-refractivity contribution in [2.45, 2.75) is 11.8 Å². The molecule has 0 aliphatic carbocycles. The zero-order valence-electron chi connectivity index (χ0n) is 11.4. The Morgan fingerprint density at radius 1 is 1.24 bits per heavy atom. The van der Waals surface area contributed by atoms with E-state index in [1.54, 1.807) is 24.3 Å². The zero-order chi connectivity index (χ0) is 15.3. The Morgan fingerprint density at radius 3 is 2.57 bits per heavy atom. The molecular formula is C13H16N4O3S. The van der Waals surface area contributed by atoms with Crippen molar-refractivity contribution in [1.82, 2.24) is 4.98 Å². The molecule has 21 heavy (non-hydrogen) atoms. The van der Waals surface area contributed by atoms with Gasteiger partial charge in [0.05, 0.1) is 12.3 Å². The van der Waals surface area contributed by atoms with Gasteiger partial charge in [-0.3, -0.25) is 15.5 Å². The second-order valence-electron chi connectivity index (χ2n) is 4.08. The van der Waals surface area contributed by atoms with Crippen molar-refractivity contribution in [2.24, 2.45) is 5.84 Å². The molecule has 0 saturated carbocycles. The van der Waals surface area contributed by atoms with Gasteiger partial charge in [0.15, 0.2) is 0 Å². The highest BCUT2D eigenvalue weighted by Crippen LogP contribution is 2.23. The number of sulfonamides is 1. The van der Waals surface area contributed by atoms with E-state index in [1.807, 2.05) is 6.92 Å². The Hall–Kier alpha value is -2.32. The molecule has 0 aliphatic heterocycles. The molecule has 0 saturated heterocycles. The average Bonchev–Trinajstić information content (AvgIpc) is 2.49. The highest BCUT2D eigenvalue weighted by molar-refractivity contribution is 7.92. The molecule has 0 bridgehead atoms. The van der Waals surface area contributed by atoms with Crippen LogP contribution in [-0.2, 0) is 10.0 Å². The molecule has 0 aliphatic rings. The van der Waals surface area contributed by atoms with Crippen molar-refractivity contribution in [3.63, 3.8) is 0 Å². The molecule has 8 heteroatoms. The molecule has 0 amide bonds. The number of hydrogen-bond donors (Lipinski definition) is 3. The van der Waals surface area contributed by atoms with Crippen LogP contribution in [0, 0.1) is 0 Å². The predicted molar refractivity (Wildman–Crippen MR) is 80.5 cm³/mol. The third kappa shape index (κ3) is 3.61. The van der Waals surface area contributed by atoms with Gasteiger partial charge in [0.1, 0.15) is 10.6 Å². The van der Waals surface area contributed by atoms with Crippen LogP contribution in [0.3, 0.4) is 0 Å². The maximum Gasteiger partial charge on any atom is 0.265 e. The monoisotopic (exact) mass is 308 g/mol. The number of anilines is 2. The average molecular weight is 308 g/mol. The Bertz CT molecular complexity index is 702. The first-order valence-corrected chi connectivity index (χ1v) is 7.71. The van der Waals surface area contributed by atoms with Crippen LogP contribution >= 0.6 is 0 Å². The first-order chi connectivity index (χ1) is 10.1. The number of aromatic nitrogens is 1. The molecular weight excluding hydrogens is 292 g/mol. The highest BCUT2D eigenvalue weighted by atomic mass is 32.2. The number of nitrogens with one attached hydrogen (secondary N) is 2. The van der Waals surface area contributed by atoms with E-state index in [0.717, 1.165) is 0 Å². The first-order valence-electron chi connectivity index (χ1n) is 6.23. The second-order valence-corrected chi connectivity index (χ2v) is 5.73. The minimum absolute atomic E-state index is 0.0265. The van der Waals surface area contributed by atoms with E-state index in [4.69, 9.17) is 10.6 Å². The van der Waals surface area contributed by atoms with Crippen LogP contribution in [0.5, 0.6) is 5.75 Å². The van der Waals surface area contributed by atoms with Crippen LogP contribution in [0.25, 0.3) is 0 Å². The van der Waals surface area contributed by atoms with Crippen LogP contribution in [0.4, 0.5) is 11.4 Å². The summed E-state index contributed by atoms with van der Waals surface area (Å²) in [7, 11) is -3.78. The summed E-state index contributed by atoms with van der Waals surface area (Å²) >= 11 is 0. The van der Waals surface area contributed by atoms with Crippen LogP contribution in [0.1, 0.15) is 6.92 Å². The number of pyridine rings is 1. The number of nitrogens with zero attached hydrogens (tertiary/aromatic N) is 1. The van der Waals surface area contributed by atoms with Gasteiger partial charge in [-0.25, -0.2) is 8.42 Å². The summed E-state index contributed by atoms with van der Waals surface area (Å²) in [4.78, 5) is 3.78. The van der Waals surface area contributed by atoms with Gasteiger partial charge in [-0.1, -0.05) is 0 Å². The first kappa shape index (κ1) is 15.1. The summed E-state index contributed by atoms with van der Waals surface area (Å²) in [6.45, 7) is 2.42. The van der Waals surface area contributed by atoms with E-state index < -0.39 is 10.0 Å². The van der Waals surface area contributed by atoms with Crippen molar-refractivity contribution < 1.29 is 13.2 Å². The predicted octanol–water partition coefficient (Wildman–Crippen LogP) is 1.57. The van der Waals surface area contributed by atoms with E-state index in [0.29, 0.717) is 18.0 Å². The maximum absolute atomic E-state index is 12.3. The van der Waals surface area contributed by atoms with Gasteiger partial charge in [0.25, 0.3) is 10.0 Å². The SMILES string of the molecule is CCOc1ccc(NS(=O)(=O)c2cnccc2NN)cc1. The molecule has 0 spiro atoms. The summed E-state index contributed by atoms with van der Waals surface area (Å²) in [5.41, 5.74) is 3.02. The fraction of sp³-hybridized carbons (Fsp3) is 0.154. The lowest BCUT2D eigenvalue weighted by atomic mass is 10.3. The van der Waals surface area contributed by atoms with Gasteiger partial charge in [-0.15, -0.1) is 0 Å². The molecule has 112 valence electrons. The summed E-state index contributed by atoms with van der Waals surface area (Å²) in [6, 6.07) is 8.09. The molecule has 0 radical (unpaired) electrons. The molecule has 4 N–H and O–H groups in total. The normalized spacial score (nSPS) is 11.0. The maximum atomic E-state index is 12.3. The van der Waals surface area contributed by atoms with Gasteiger partial charge < -0.3 is 10.2 Å². The summed E-state index contributed by atoms with van der Waals surface area (Å²) < 4.78 is 32.4. The molecule has 0 fully saturated rings. The fourth-order valence-corrected chi connectivity index (χ4v) is 2.88. The molecule has 2 aromatic rings. The van der Waals surface area contributed by atoms with Crippen LogP contribution in [0.15, 0.2) is 47.6 Å². The topological polar surface area (TPSA) is 106 Å². The number of hydrazine groups is 1. The Labute approximate surface area is 123 Å². The standard InChI is InChI=1S/C13H16N4O3S/c1-2-20-11-5-3-10(4-6-11)17-21(18,19)13-9-15-8-7-12(13)16-14/h3-9,17H,2,14H2,1H3,(H,15,16). The summed E-state index contributed by atoms with van der Waals surface area (Å²) in [5.74, 6) is 5.98. The van der Waals surface area contributed by atoms with Gasteiger partial charge >= 0.3 is 0 Å². The van der Waals surface area contributed by atoms with Crippen LogP contribution < -0.4 is 20.7 Å². The molecule has 1 aromatic carbocycles. The van der Waals surface area contributed by atoms with E-state index >= 15 is 0 Å². The number of nitrogens with two attached hydrogens (primary N) is 1. The Balaban J connectivity index is 2.24. The third-order valence-corrected chi connectivity index (χ3v) is 4.06. The second kappa shape index (κ2) is 6.42. The molecule has 1 aromatic heterocycles. The lowest BCUT2D eigenvalue weighted by Crippen LogP contribution is -2.17. The van der Waals surface area contributed by atoms with Crippen LogP contribution in [0.2, 0.25) is 0 Å². The largest absolute Gasteiger partial charge is 0.494 e. The van der Waals surface area contributed by atoms with E-state index in [1.165, 1.54) is 18.5 Å². The van der Waals surface area contributed by atoms with Crippen molar-refractivity contribution in [1.29, 1.82) is 0 Å². The number of rotatable bonds is 6. The van der Waals surface area contributed by atoms with Crippen LogP contribution in [-0.4, -0.2) is 20.0 Å². The van der Waals surface area contributed by atoms with Crippen molar-refractivity contribution in [2.75, 3.05) is 16.8 Å². The number of nitrogen functional groups attached to an aromatic ring is 1.